The maximum Gasteiger partial charge on any atom is 0.306 e. The maximum absolute atomic E-state index is 10.8. The summed E-state index contributed by atoms with van der Waals surface area (Å²) in [5.41, 5.74) is 3.17. The summed E-state index contributed by atoms with van der Waals surface area (Å²) in [5, 5.41) is 8.86. The Bertz CT molecular complexity index is 619. The number of aliphatic carboxylic acids is 1. The zero-order valence-corrected chi connectivity index (χ0v) is 12.8. The van der Waals surface area contributed by atoms with Crippen LogP contribution in [0.15, 0.2) is 48.5 Å². The molecule has 0 fully saturated rings. The largest absolute Gasteiger partial charge is 0.489 e. The minimum atomic E-state index is -0.883. The van der Waals surface area contributed by atoms with Crippen LogP contribution in [0, 0.1) is 6.92 Å². The van der Waals surface area contributed by atoms with Crippen LogP contribution in [-0.2, 0) is 16.1 Å². The Labute approximate surface area is 130 Å². The Hall–Kier alpha value is -2.33. The molecule has 0 saturated heterocycles. The summed E-state index contributed by atoms with van der Waals surface area (Å²) in [6.07, 6.45) is -0.497. The van der Waals surface area contributed by atoms with Gasteiger partial charge in [0.05, 0.1) is 12.5 Å². The van der Waals surface area contributed by atoms with E-state index in [0.29, 0.717) is 6.61 Å². The summed E-state index contributed by atoms with van der Waals surface area (Å²) >= 11 is 0. The summed E-state index contributed by atoms with van der Waals surface area (Å²) in [5.74, 6) is -0.135. The molecule has 4 heteroatoms. The van der Waals surface area contributed by atoms with Crippen molar-refractivity contribution in [1.29, 1.82) is 0 Å². The third-order valence-electron chi connectivity index (χ3n) is 3.55. The van der Waals surface area contributed by atoms with Crippen LogP contribution in [0.1, 0.15) is 29.2 Å². The molecule has 0 aliphatic heterocycles. The van der Waals surface area contributed by atoms with Gasteiger partial charge in [-0.05, 0) is 35.7 Å². The fourth-order valence-corrected chi connectivity index (χ4v) is 2.21. The number of carboxylic acids is 1. The molecule has 116 valence electrons. The molecule has 0 spiro atoms. The average molecular weight is 300 g/mol. The third kappa shape index (κ3) is 4.33. The molecular weight excluding hydrogens is 280 g/mol. The van der Waals surface area contributed by atoms with Crippen LogP contribution in [0.5, 0.6) is 5.75 Å². The molecule has 0 aromatic heterocycles. The van der Waals surface area contributed by atoms with Crippen molar-refractivity contribution in [3.63, 3.8) is 0 Å². The number of benzene rings is 2. The highest BCUT2D eigenvalue weighted by atomic mass is 16.5. The first-order chi connectivity index (χ1) is 10.6. The lowest BCUT2D eigenvalue weighted by molar-refractivity contribution is -0.139. The lowest BCUT2D eigenvalue weighted by Gasteiger charge is -2.14. The van der Waals surface area contributed by atoms with Crippen molar-refractivity contribution in [1.82, 2.24) is 0 Å². The van der Waals surface area contributed by atoms with E-state index in [1.54, 1.807) is 0 Å². The first-order valence-corrected chi connectivity index (χ1v) is 7.12. The van der Waals surface area contributed by atoms with Gasteiger partial charge in [-0.15, -0.1) is 0 Å². The molecule has 1 atom stereocenters. The molecule has 4 nitrogen and oxygen atoms in total. The predicted molar refractivity (Wildman–Crippen MR) is 84.0 cm³/mol. The minimum Gasteiger partial charge on any atom is -0.489 e. The molecule has 0 bridgehead atoms. The van der Waals surface area contributed by atoms with E-state index in [1.165, 1.54) is 12.7 Å². The Morgan fingerprint density at radius 2 is 1.82 bits per heavy atom. The Morgan fingerprint density at radius 1 is 1.14 bits per heavy atom. The molecule has 0 radical (unpaired) electrons. The van der Waals surface area contributed by atoms with Crippen molar-refractivity contribution < 1.29 is 19.4 Å². The van der Waals surface area contributed by atoms with Crippen molar-refractivity contribution >= 4 is 5.97 Å². The molecule has 0 amide bonds. The fourth-order valence-electron chi connectivity index (χ4n) is 2.21. The second-order valence-electron chi connectivity index (χ2n) is 5.11. The van der Waals surface area contributed by atoms with Gasteiger partial charge in [-0.1, -0.05) is 36.4 Å². The number of hydrogen-bond donors (Lipinski definition) is 1. The highest BCUT2D eigenvalue weighted by Gasteiger charge is 2.14. The molecule has 0 saturated carbocycles. The van der Waals surface area contributed by atoms with Crippen LogP contribution in [-0.4, -0.2) is 18.2 Å². The van der Waals surface area contributed by atoms with Crippen molar-refractivity contribution in [2.24, 2.45) is 0 Å². The van der Waals surface area contributed by atoms with E-state index >= 15 is 0 Å². The zero-order valence-electron chi connectivity index (χ0n) is 12.8. The van der Waals surface area contributed by atoms with E-state index in [2.05, 4.69) is 13.0 Å². The van der Waals surface area contributed by atoms with Crippen LogP contribution < -0.4 is 4.74 Å². The lowest BCUT2D eigenvalue weighted by Crippen LogP contribution is -2.08. The highest BCUT2D eigenvalue weighted by molar-refractivity contribution is 5.67. The number of carboxylic acid groups (broad SMARTS) is 1. The van der Waals surface area contributed by atoms with E-state index in [1.807, 2.05) is 42.5 Å². The second-order valence-corrected chi connectivity index (χ2v) is 5.11. The minimum absolute atomic E-state index is 0.0556. The molecule has 0 aliphatic carbocycles. The molecule has 0 heterocycles. The molecular formula is C18H20O4. The van der Waals surface area contributed by atoms with Crippen LogP contribution in [0.25, 0.3) is 0 Å². The van der Waals surface area contributed by atoms with Crippen molar-refractivity contribution in [2.45, 2.75) is 26.1 Å². The molecule has 2 aromatic rings. The van der Waals surface area contributed by atoms with Crippen LogP contribution >= 0.6 is 0 Å². The Balaban J connectivity index is 2.00. The number of ether oxygens (including phenoxy) is 2. The van der Waals surface area contributed by atoms with Gasteiger partial charge < -0.3 is 14.6 Å². The first-order valence-electron chi connectivity index (χ1n) is 7.12. The SMILES string of the molecule is CO[C@@H](CC(=O)O)c1ccc(OCc2ccccc2C)cc1. The topological polar surface area (TPSA) is 55.8 Å². The molecule has 1 N–H and O–H groups in total. The molecule has 2 rings (SSSR count). The van der Waals surface area contributed by atoms with Gasteiger partial charge in [0, 0.05) is 7.11 Å². The van der Waals surface area contributed by atoms with Crippen LogP contribution in [0.2, 0.25) is 0 Å². The zero-order chi connectivity index (χ0) is 15.9. The molecule has 0 aliphatic rings. The summed E-state index contributed by atoms with van der Waals surface area (Å²) < 4.78 is 11.0. The van der Waals surface area contributed by atoms with Crippen LogP contribution in [0.4, 0.5) is 0 Å². The number of rotatable bonds is 7. The first kappa shape index (κ1) is 16.0. The van der Waals surface area contributed by atoms with Gasteiger partial charge >= 0.3 is 5.97 Å². The number of hydrogen-bond acceptors (Lipinski definition) is 3. The lowest BCUT2D eigenvalue weighted by atomic mass is 10.1. The van der Waals surface area contributed by atoms with Crippen molar-refractivity contribution in [2.75, 3.05) is 7.11 Å². The molecule has 22 heavy (non-hydrogen) atoms. The van der Waals surface area contributed by atoms with E-state index < -0.39 is 12.1 Å². The van der Waals surface area contributed by atoms with E-state index in [4.69, 9.17) is 14.6 Å². The molecule has 0 unspecified atom stereocenters. The maximum atomic E-state index is 10.8. The van der Waals surface area contributed by atoms with Gasteiger partial charge in [0.2, 0.25) is 0 Å². The average Bonchev–Trinajstić information content (AvgIpc) is 2.52. The Morgan fingerprint density at radius 3 is 2.41 bits per heavy atom. The second kappa shape index (κ2) is 7.61. The van der Waals surface area contributed by atoms with Gasteiger partial charge in [-0.3, -0.25) is 4.79 Å². The summed E-state index contributed by atoms with van der Waals surface area (Å²) in [7, 11) is 1.51. The van der Waals surface area contributed by atoms with E-state index in [9.17, 15) is 4.79 Å². The van der Waals surface area contributed by atoms with Crippen molar-refractivity contribution in [3.8, 4) is 5.75 Å². The Kier molecular flexibility index (Phi) is 5.55. The third-order valence-corrected chi connectivity index (χ3v) is 3.55. The molecule has 2 aromatic carbocycles. The predicted octanol–water partition coefficient (Wildman–Crippen LogP) is 3.74. The highest BCUT2D eigenvalue weighted by Crippen LogP contribution is 2.23. The number of aryl methyl sites for hydroxylation is 1. The summed E-state index contributed by atoms with van der Waals surface area (Å²) in [4.78, 5) is 10.8. The van der Waals surface area contributed by atoms with Crippen LogP contribution in [0.3, 0.4) is 0 Å². The monoisotopic (exact) mass is 300 g/mol. The summed E-state index contributed by atoms with van der Waals surface area (Å²) in [6, 6.07) is 15.4. The standard InChI is InChI=1S/C18H20O4/c1-13-5-3-4-6-15(13)12-22-16-9-7-14(8-10-16)17(21-2)11-18(19)20/h3-10,17H,11-12H2,1-2H3,(H,19,20)/t17-/m0/s1. The van der Waals surface area contributed by atoms with Crippen molar-refractivity contribution in [3.05, 3.63) is 65.2 Å². The smallest absolute Gasteiger partial charge is 0.306 e. The van der Waals surface area contributed by atoms with Gasteiger partial charge in [0.25, 0.3) is 0 Å². The normalized spacial score (nSPS) is 11.9. The van der Waals surface area contributed by atoms with E-state index in [0.717, 1.165) is 16.9 Å². The number of methoxy groups -OCH3 is 1. The van der Waals surface area contributed by atoms with Gasteiger partial charge in [-0.2, -0.15) is 0 Å². The van der Waals surface area contributed by atoms with Gasteiger partial charge in [-0.25, -0.2) is 0 Å². The number of carbonyl (C=O) groups is 1. The van der Waals surface area contributed by atoms with Gasteiger partial charge in [0.1, 0.15) is 12.4 Å². The fraction of sp³-hybridized carbons (Fsp3) is 0.278. The van der Waals surface area contributed by atoms with E-state index in [-0.39, 0.29) is 6.42 Å². The summed E-state index contributed by atoms with van der Waals surface area (Å²) in [6.45, 7) is 2.56. The quantitative estimate of drug-likeness (QED) is 0.846. The van der Waals surface area contributed by atoms with Gasteiger partial charge in [0.15, 0.2) is 0 Å².